The van der Waals surface area contributed by atoms with Gasteiger partial charge >= 0.3 is 0 Å². The Morgan fingerprint density at radius 1 is 1.03 bits per heavy atom. The van der Waals surface area contributed by atoms with Crippen molar-refractivity contribution in [2.75, 3.05) is 30.1 Å². The van der Waals surface area contributed by atoms with E-state index in [2.05, 4.69) is 5.32 Å². The van der Waals surface area contributed by atoms with E-state index in [1.807, 2.05) is 0 Å². The van der Waals surface area contributed by atoms with Gasteiger partial charge in [-0.25, -0.2) is 12.8 Å². The molecular weight excluding hydrogens is 506 g/mol. The van der Waals surface area contributed by atoms with Crippen LogP contribution in [0.3, 0.4) is 0 Å². The first-order chi connectivity index (χ1) is 16.1. The summed E-state index contributed by atoms with van der Waals surface area (Å²) in [4.78, 5) is 13.3. The van der Waals surface area contributed by atoms with E-state index in [0.29, 0.717) is 0 Å². The van der Waals surface area contributed by atoms with Gasteiger partial charge in [-0.3, -0.25) is 9.10 Å². The Morgan fingerprint density at radius 2 is 1.68 bits per heavy atom. The normalized spacial score (nSPS) is 11.1. The van der Waals surface area contributed by atoms with Crippen LogP contribution in [0.1, 0.15) is 15.9 Å². The summed E-state index contributed by atoms with van der Waals surface area (Å²) in [6, 6.07) is 13.1. The average molecular weight is 527 g/mol. The van der Waals surface area contributed by atoms with Gasteiger partial charge in [-0.1, -0.05) is 47.5 Å². The highest BCUT2D eigenvalue weighted by Crippen LogP contribution is 2.38. The standard InChI is InChI=1S/C23H21Cl2FN2O5S/c1-32-20-11-15(23(29)27-18-10-6-8-16(24)22(18)25)19(12-21(20)33-2)28(34(3,30)31)13-14-7-4-5-9-17(14)26/h4-12H,13H2,1-3H3,(H,27,29). The van der Waals surface area contributed by atoms with Crippen LogP contribution in [0.25, 0.3) is 0 Å². The third-order valence-electron chi connectivity index (χ3n) is 4.89. The molecule has 0 bridgehead atoms. The molecule has 0 aliphatic heterocycles. The van der Waals surface area contributed by atoms with Gasteiger partial charge in [0, 0.05) is 11.6 Å². The Balaban J connectivity index is 2.18. The molecule has 1 N–H and O–H groups in total. The number of rotatable bonds is 8. The van der Waals surface area contributed by atoms with Crippen LogP contribution in [-0.2, 0) is 16.6 Å². The summed E-state index contributed by atoms with van der Waals surface area (Å²) in [5.41, 5.74) is 0.223. The van der Waals surface area contributed by atoms with Gasteiger partial charge < -0.3 is 14.8 Å². The van der Waals surface area contributed by atoms with Crippen molar-refractivity contribution >= 4 is 50.5 Å². The zero-order valence-electron chi connectivity index (χ0n) is 18.4. The number of methoxy groups -OCH3 is 2. The van der Waals surface area contributed by atoms with E-state index in [0.717, 1.165) is 10.6 Å². The smallest absolute Gasteiger partial charge is 0.257 e. The molecule has 0 aliphatic rings. The number of nitrogens with one attached hydrogen (secondary N) is 1. The summed E-state index contributed by atoms with van der Waals surface area (Å²) >= 11 is 12.2. The Morgan fingerprint density at radius 3 is 2.29 bits per heavy atom. The summed E-state index contributed by atoms with van der Waals surface area (Å²) in [6.45, 7) is -0.362. The number of carbonyl (C=O) groups excluding carboxylic acids is 1. The molecule has 0 aliphatic carbocycles. The summed E-state index contributed by atoms with van der Waals surface area (Å²) < 4.78 is 51.5. The minimum absolute atomic E-state index is 0.0425. The van der Waals surface area contributed by atoms with Gasteiger partial charge in [0.25, 0.3) is 5.91 Å². The van der Waals surface area contributed by atoms with Crippen LogP contribution in [-0.4, -0.2) is 34.8 Å². The van der Waals surface area contributed by atoms with Gasteiger partial charge in [0.05, 0.1) is 54.0 Å². The zero-order valence-corrected chi connectivity index (χ0v) is 20.8. The SMILES string of the molecule is COc1cc(C(=O)Nc2cccc(Cl)c2Cl)c(N(Cc2ccccc2F)S(C)(=O)=O)cc1OC. The molecule has 3 rings (SSSR count). The molecule has 0 radical (unpaired) electrons. The van der Waals surface area contributed by atoms with Crippen molar-refractivity contribution in [1.29, 1.82) is 0 Å². The fourth-order valence-corrected chi connectivity index (χ4v) is 4.44. The van der Waals surface area contributed by atoms with E-state index < -0.39 is 21.7 Å². The molecule has 0 unspecified atom stereocenters. The number of nitrogens with zero attached hydrogens (tertiary/aromatic N) is 1. The first-order valence-corrected chi connectivity index (χ1v) is 12.4. The van der Waals surface area contributed by atoms with Crippen molar-refractivity contribution < 1.29 is 27.1 Å². The quantitative estimate of drug-likeness (QED) is 0.426. The van der Waals surface area contributed by atoms with Crippen molar-refractivity contribution in [3.8, 4) is 11.5 Å². The molecule has 1 amide bonds. The monoisotopic (exact) mass is 526 g/mol. The minimum Gasteiger partial charge on any atom is -0.493 e. The second-order valence-corrected chi connectivity index (χ2v) is 9.83. The molecule has 34 heavy (non-hydrogen) atoms. The number of carbonyl (C=O) groups is 1. The van der Waals surface area contributed by atoms with Crippen molar-refractivity contribution in [3.63, 3.8) is 0 Å². The largest absolute Gasteiger partial charge is 0.493 e. The maximum absolute atomic E-state index is 14.4. The fraction of sp³-hybridized carbons (Fsp3) is 0.174. The van der Waals surface area contributed by atoms with Gasteiger partial charge in [0.15, 0.2) is 11.5 Å². The second kappa shape index (κ2) is 10.5. The number of hydrogen-bond donors (Lipinski definition) is 1. The van der Waals surface area contributed by atoms with E-state index in [9.17, 15) is 17.6 Å². The van der Waals surface area contributed by atoms with Gasteiger partial charge in [-0.05, 0) is 24.3 Å². The maximum Gasteiger partial charge on any atom is 0.257 e. The lowest BCUT2D eigenvalue weighted by atomic mass is 10.1. The molecule has 0 saturated carbocycles. The molecule has 0 heterocycles. The Hall–Kier alpha value is -3.01. The Labute approximate surface area is 207 Å². The highest BCUT2D eigenvalue weighted by molar-refractivity contribution is 7.92. The number of anilines is 2. The van der Waals surface area contributed by atoms with Crippen molar-refractivity contribution in [3.05, 3.63) is 81.6 Å². The van der Waals surface area contributed by atoms with Crippen molar-refractivity contribution in [2.24, 2.45) is 0 Å². The Kier molecular flexibility index (Phi) is 7.91. The molecule has 3 aromatic rings. The lowest BCUT2D eigenvalue weighted by molar-refractivity contribution is 0.102. The van der Waals surface area contributed by atoms with E-state index in [1.54, 1.807) is 24.3 Å². The number of ether oxygens (including phenoxy) is 2. The summed E-state index contributed by atoms with van der Waals surface area (Å²) in [7, 11) is -1.23. The first kappa shape index (κ1) is 25.6. The van der Waals surface area contributed by atoms with Gasteiger partial charge in [0.2, 0.25) is 10.0 Å². The molecule has 0 saturated heterocycles. The fourth-order valence-electron chi connectivity index (χ4n) is 3.21. The Bertz CT molecular complexity index is 1330. The molecule has 11 heteroatoms. The summed E-state index contributed by atoms with van der Waals surface area (Å²) in [5, 5.41) is 2.97. The highest BCUT2D eigenvalue weighted by atomic mass is 35.5. The molecule has 180 valence electrons. The average Bonchev–Trinajstić information content (AvgIpc) is 2.79. The third kappa shape index (κ3) is 5.55. The van der Waals surface area contributed by atoms with Crippen LogP contribution < -0.4 is 19.1 Å². The minimum atomic E-state index is -3.98. The second-order valence-electron chi connectivity index (χ2n) is 7.14. The predicted octanol–water partition coefficient (Wildman–Crippen LogP) is 5.37. The molecular formula is C23H21Cl2FN2O5S. The van der Waals surface area contributed by atoms with Crippen molar-refractivity contribution in [2.45, 2.75) is 6.54 Å². The van der Waals surface area contributed by atoms with E-state index >= 15 is 0 Å². The van der Waals surface area contributed by atoms with E-state index in [-0.39, 0.29) is 50.6 Å². The van der Waals surface area contributed by atoms with Crippen LogP contribution in [0.4, 0.5) is 15.8 Å². The van der Waals surface area contributed by atoms with Crippen molar-refractivity contribution in [1.82, 2.24) is 0 Å². The molecule has 3 aromatic carbocycles. The third-order valence-corrected chi connectivity index (χ3v) is 6.83. The van der Waals surface area contributed by atoms with Crippen LogP contribution in [0.2, 0.25) is 10.0 Å². The zero-order chi connectivity index (χ0) is 25.0. The number of hydrogen-bond acceptors (Lipinski definition) is 5. The number of sulfonamides is 1. The van der Waals surface area contributed by atoms with E-state index in [1.165, 1.54) is 44.6 Å². The maximum atomic E-state index is 14.4. The number of benzene rings is 3. The predicted molar refractivity (Wildman–Crippen MR) is 131 cm³/mol. The highest BCUT2D eigenvalue weighted by Gasteiger charge is 2.27. The summed E-state index contributed by atoms with van der Waals surface area (Å²) in [6.07, 6.45) is 0.958. The first-order valence-electron chi connectivity index (χ1n) is 9.79. The van der Waals surface area contributed by atoms with Gasteiger partial charge in [0.1, 0.15) is 5.82 Å². The van der Waals surface area contributed by atoms with E-state index in [4.69, 9.17) is 32.7 Å². The number of amides is 1. The van der Waals surface area contributed by atoms with Gasteiger partial charge in [-0.15, -0.1) is 0 Å². The molecule has 0 aromatic heterocycles. The lowest BCUT2D eigenvalue weighted by Crippen LogP contribution is -2.32. The molecule has 0 spiro atoms. The van der Waals surface area contributed by atoms with Crippen LogP contribution in [0, 0.1) is 5.82 Å². The lowest BCUT2D eigenvalue weighted by Gasteiger charge is -2.26. The number of halogens is 3. The van der Waals surface area contributed by atoms with Crippen LogP contribution in [0.15, 0.2) is 54.6 Å². The van der Waals surface area contributed by atoms with Crippen LogP contribution in [0.5, 0.6) is 11.5 Å². The van der Waals surface area contributed by atoms with Crippen LogP contribution >= 0.6 is 23.2 Å². The molecule has 0 atom stereocenters. The summed E-state index contributed by atoms with van der Waals surface area (Å²) in [5.74, 6) is -0.916. The molecule has 0 fully saturated rings. The topological polar surface area (TPSA) is 84.9 Å². The molecule has 7 nitrogen and oxygen atoms in total. The van der Waals surface area contributed by atoms with Gasteiger partial charge in [-0.2, -0.15) is 0 Å².